The molecule has 1 N–H and O–H groups in total. The molecular formula is C57H107NO8P+. The van der Waals surface area contributed by atoms with Crippen molar-refractivity contribution in [2.24, 2.45) is 0 Å². The van der Waals surface area contributed by atoms with Crippen LogP contribution in [0.2, 0.25) is 0 Å². The first-order valence-corrected chi connectivity index (χ1v) is 29.4. The van der Waals surface area contributed by atoms with Gasteiger partial charge in [0.05, 0.1) is 27.7 Å². The van der Waals surface area contributed by atoms with Crippen LogP contribution in [0.15, 0.2) is 48.6 Å². The number of allylic oxidation sites excluding steroid dienone is 8. The summed E-state index contributed by atoms with van der Waals surface area (Å²) in [5, 5.41) is 0. The first-order chi connectivity index (χ1) is 32.5. The highest BCUT2D eigenvalue weighted by molar-refractivity contribution is 7.47. The van der Waals surface area contributed by atoms with Gasteiger partial charge in [0.15, 0.2) is 6.10 Å². The average Bonchev–Trinajstić information content (AvgIpc) is 3.29. The van der Waals surface area contributed by atoms with Crippen LogP contribution in [0.1, 0.15) is 251 Å². The molecule has 0 aliphatic carbocycles. The Hall–Kier alpha value is -2.03. The molecule has 0 aromatic heterocycles. The molecule has 0 saturated carbocycles. The van der Waals surface area contributed by atoms with Crippen LogP contribution in [0, 0.1) is 0 Å². The molecule has 0 fully saturated rings. The zero-order valence-electron chi connectivity index (χ0n) is 44.4. The molecule has 0 heterocycles. The Labute approximate surface area is 414 Å². The Bertz CT molecular complexity index is 1270. The summed E-state index contributed by atoms with van der Waals surface area (Å²) >= 11 is 0. The number of carbonyl (C=O) groups excluding carboxylic acids is 2. The third-order valence-electron chi connectivity index (χ3n) is 12.1. The highest BCUT2D eigenvalue weighted by Gasteiger charge is 2.27. The molecular weight excluding hydrogens is 858 g/mol. The van der Waals surface area contributed by atoms with E-state index in [1.54, 1.807) is 0 Å². The number of likely N-dealkylation sites (N-methyl/N-ethyl adjacent to an activating group) is 1. The molecule has 2 atom stereocenters. The van der Waals surface area contributed by atoms with Crippen molar-refractivity contribution >= 4 is 19.8 Å². The number of phosphoric acid groups is 1. The number of phosphoric ester groups is 1. The SMILES string of the molecule is CC/C=C\C/C=C\C/C=C\C/C=C\CCCCCCCCCCCCCCCCCCCCC(=O)OC(COC(=O)CCCCCCCCCCCCCC)COP(=O)(O)OCC[N+](C)(C)C. The molecule has 0 radical (unpaired) electrons. The summed E-state index contributed by atoms with van der Waals surface area (Å²) in [7, 11) is 1.49. The van der Waals surface area contributed by atoms with Crippen LogP contribution < -0.4 is 0 Å². The third kappa shape index (κ3) is 53.2. The van der Waals surface area contributed by atoms with Gasteiger partial charge >= 0.3 is 19.8 Å². The second kappa shape index (κ2) is 49.0. The Morgan fingerprint density at radius 1 is 0.478 bits per heavy atom. The minimum absolute atomic E-state index is 0.0336. The Kier molecular flexibility index (Phi) is 47.5. The van der Waals surface area contributed by atoms with Crippen molar-refractivity contribution in [2.45, 2.75) is 258 Å². The van der Waals surface area contributed by atoms with E-state index in [-0.39, 0.29) is 25.6 Å². The molecule has 9 nitrogen and oxygen atoms in total. The quantitative estimate of drug-likeness (QED) is 0.0211. The molecule has 0 amide bonds. The third-order valence-corrected chi connectivity index (χ3v) is 13.1. The number of ether oxygens (including phenoxy) is 2. The van der Waals surface area contributed by atoms with E-state index in [9.17, 15) is 19.0 Å². The summed E-state index contributed by atoms with van der Waals surface area (Å²) in [5.74, 6) is -0.787. The fourth-order valence-electron chi connectivity index (χ4n) is 7.83. The normalized spacial score (nSPS) is 13.7. The Morgan fingerprint density at radius 3 is 1.27 bits per heavy atom. The summed E-state index contributed by atoms with van der Waals surface area (Å²) < 4.78 is 34.5. The van der Waals surface area contributed by atoms with Gasteiger partial charge in [-0.15, -0.1) is 0 Å². The van der Waals surface area contributed by atoms with Crippen molar-refractivity contribution in [3.63, 3.8) is 0 Å². The van der Waals surface area contributed by atoms with Gasteiger partial charge in [0.1, 0.15) is 19.8 Å². The number of quaternary nitrogens is 1. The lowest BCUT2D eigenvalue weighted by Gasteiger charge is -2.24. The van der Waals surface area contributed by atoms with Crippen LogP contribution in [0.3, 0.4) is 0 Å². The predicted octanol–water partition coefficient (Wildman–Crippen LogP) is 17.0. The molecule has 0 aromatic rings. The molecule has 0 spiro atoms. The van der Waals surface area contributed by atoms with Crippen LogP contribution in [-0.2, 0) is 32.7 Å². The van der Waals surface area contributed by atoms with Gasteiger partial charge in [-0.2, -0.15) is 0 Å². The molecule has 67 heavy (non-hydrogen) atoms. The predicted molar refractivity (Wildman–Crippen MR) is 284 cm³/mol. The smallest absolute Gasteiger partial charge is 0.462 e. The van der Waals surface area contributed by atoms with Crippen molar-refractivity contribution in [2.75, 3.05) is 47.5 Å². The van der Waals surface area contributed by atoms with E-state index in [4.69, 9.17) is 18.5 Å². The van der Waals surface area contributed by atoms with Gasteiger partial charge in [-0.05, 0) is 51.4 Å². The van der Waals surface area contributed by atoms with Gasteiger partial charge in [-0.25, -0.2) is 4.57 Å². The number of carbonyl (C=O) groups is 2. The van der Waals surface area contributed by atoms with Crippen LogP contribution >= 0.6 is 7.82 Å². The number of nitrogens with zero attached hydrogens (tertiary/aromatic N) is 1. The van der Waals surface area contributed by atoms with E-state index < -0.39 is 26.5 Å². The van der Waals surface area contributed by atoms with E-state index in [0.717, 1.165) is 57.8 Å². The van der Waals surface area contributed by atoms with Gasteiger partial charge in [0.2, 0.25) is 0 Å². The Balaban J connectivity index is 4.02. The monoisotopic (exact) mass is 965 g/mol. The Morgan fingerprint density at radius 2 is 0.851 bits per heavy atom. The minimum Gasteiger partial charge on any atom is -0.462 e. The number of hydrogen-bond donors (Lipinski definition) is 1. The average molecular weight is 965 g/mol. The van der Waals surface area contributed by atoms with Gasteiger partial charge in [0.25, 0.3) is 0 Å². The lowest BCUT2D eigenvalue weighted by molar-refractivity contribution is -0.870. The van der Waals surface area contributed by atoms with Gasteiger partial charge in [-0.3, -0.25) is 18.6 Å². The highest BCUT2D eigenvalue weighted by Crippen LogP contribution is 2.43. The summed E-state index contributed by atoms with van der Waals surface area (Å²) in [6.45, 7) is 4.34. The number of rotatable bonds is 51. The first-order valence-electron chi connectivity index (χ1n) is 27.9. The first kappa shape index (κ1) is 65.0. The van der Waals surface area contributed by atoms with E-state index in [1.165, 1.54) is 161 Å². The number of unbranched alkanes of at least 4 members (excludes halogenated alkanes) is 29. The summed E-state index contributed by atoms with van der Waals surface area (Å²) in [6, 6.07) is 0. The molecule has 10 heteroatoms. The van der Waals surface area contributed by atoms with Crippen LogP contribution in [0.4, 0.5) is 0 Å². The molecule has 0 aliphatic rings. The number of hydrogen-bond acceptors (Lipinski definition) is 7. The lowest BCUT2D eigenvalue weighted by Crippen LogP contribution is -2.37. The molecule has 0 aromatic carbocycles. The molecule has 0 aliphatic heterocycles. The van der Waals surface area contributed by atoms with Crippen LogP contribution in [-0.4, -0.2) is 74.9 Å². The fourth-order valence-corrected chi connectivity index (χ4v) is 8.57. The zero-order chi connectivity index (χ0) is 49.2. The van der Waals surface area contributed by atoms with Crippen molar-refractivity contribution in [1.29, 1.82) is 0 Å². The van der Waals surface area contributed by atoms with E-state index >= 15 is 0 Å². The molecule has 0 rings (SSSR count). The molecule has 0 saturated heterocycles. The maximum absolute atomic E-state index is 12.8. The maximum atomic E-state index is 12.8. The second-order valence-corrected chi connectivity index (χ2v) is 21.4. The van der Waals surface area contributed by atoms with Crippen molar-refractivity contribution in [3.05, 3.63) is 48.6 Å². The molecule has 2 unspecified atom stereocenters. The summed E-state index contributed by atoms with van der Waals surface area (Å²) in [6.07, 6.45) is 60.4. The minimum atomic E-state index is -4.38. The maximum Gasteiger partial charge on any atom is 0.472 e. The van der Waals surface area contributed by atoms with Crippen molar-refractivity contribution in [3.8, 4) is 0 Å². The fraction of sp³-hybridized carbons (Fsp3) is 0.825. The lowest BCUT2D eigenvalue weighted by atomic mass is 10.0. The van der Waals surface area contributed by atoms with Crippen molar-refractivity contribution < 1.29 is 42.1 Å². The summed E-state index contributed by atoms with van der Waals surface area (Å²) in [5.41, 5.74) is 0. The summed E-state index contributed by atoms with van der Waals surface area (Å²) in [4.78, 5) is 35.5. The van der Waals surface area contributed by atoms with E-state index in [0.29, 0.717) is 23.9 Å². The topological polar surface area (TPSA) is 108 Å². The van der Waals surface area contributed by atoms with Crippen LogP contribution in [0.5, 0.6) is 0 Å². The second-order valence-electron chi connectivity index (χ2n) is 19.9. The van der Waals surface area contributed by atoms with E-state index in [2.05, 4.69) is 62.5 Å². The van der Waals surface area contributed by atoms with Gasteiger partial charge in [0, 0.05) is 12.8 Å². The standard InChI is InChI=1S/C57H106NO8P/c1-6-8-10-12-14-16-18-20-21-22-23-24-25-26-27-28-29-30-31-32-33-34-35-36-37-38-40-42-44-46-48-50-57(60)66-55(54-65-67(61,62)64-52-51-58(3,4)5)53-63-56(59)49-47-45-43-41-39-19-17-15-13-11-9-7-2/h8,10,14,16,20-21,23-24,55H,6-7,9,11-13,15,17-19,22,25-54H2,1-5H3/p+1/b10-8-,16-14-,21-20-,24-23-. The largest absolute Gasteiger partial charge is 0.472 e. The van der Waals surface area contributed by atoms with E-state index in [1.807, 2.05) is 21.1 Å². The van der Waals surface area contributed by atoms with Gasteiger partial charge < -0.3 is 18.9 Å². The highest BCUT2D eigenvalue weighted by atomic mass is 31.2. The van der Waals surface area contributed by atoms with Gasteiger partial charge in [-0.1, -0.05) is 236 Å². The van der Waals surface area contributed by atoms with Crippen LogP contribution in [0.25, 0.3) is 0 Å². The number of esters is 2. The molecule has 0 bridgehead atoms. The molecule has 392 valence electrons. The zero-order valence-corrected chi connectivity index (χ0v) is 45.3. The van der Waals surface area contributed by atoms with Crippen molar-refractivity contribution in [1.82, 2.24) is 0 Å².